The minimum atomic E-state index is -4.38. The summed E-state index contributed by atoms with van der Waals surface area (Å²) in [5.41, 5.74) is -0.112. The standard InChI is InChI=1S/C17H20ClF3N2O4S/c18-15-4-3-13(28(25,26)23-6-8-27-9-7-23)10-14(15)16(24)22-5-1-2-12(11-22)17(19,20)21/h3-4,10,12H,1-2,5-9,11H2. The third kappa shape index (κ3) is 4.45. The van der Waals surface area contributed by atoms with E-state index in [0.29, 0.717) is 0 Å². The zero-order chi connectivity index (χ0) is 20.5. The van der Waals surface area contributed by atoms with Gasteiger partial charge in [-0.2, -0.15) is 17.5 Å². The summed E-state index contributed by atoms with van der Waals surface area (Å²) in [5.74, 6) is -2.29. The quantitative estimate of drug-likeness (QED) is 0.725. The van der Waals surface area contributed by atoms with Crippen LogP contribution in [0.15, 0.2) is 23.1 Å². The number of benzene rings is 1. The van der Waals surface area contributed by atoms with E-state index in [-0.39, 0.29) is 61.2 Å². The van der Waals surface area contributed by atoms with Crippen molar-refractivity contribution in [2.75, 3.05) is 39.4 Å². The maximum atomic E-state index is 13.0. The molecule has 28 heavy (non-hydrogen) atoms. The molecule has 0 aromatic heterocycles. The number of hydrogen-bond donors (Lipinski definition) is 0. The molecule has 0 saturated carbocycles. The number of alkyl halides is 3. The van der Waals surface area contributed by atoms with Gasteiger partial charge in [0, 0.05) is 26.2 Å². The first-order valence-electron chi connectivity index (χ1n) is 8.84. The van der Waals surface area contributed by atoms with E-state index in [4.69, 9.17) is 16.3 Å². The van der Waals surface area contributed by atoms with Crippen LogP contribution in [0.2, 0.25) is 5.02 Å². The van der Waals surface area contributed by atoms with E-state index in [1.54, 1.807) is 0 Å². The Labute approximate surface area is 166 Å². The van der Waals surface area contributed by atoms with Crippen LogP contribution in [-0.4, -0.2) is 69.1 Å². The highest BCUT2D eigenvalue weighted by atomic mass is 35.5. The number of rotatable bonds is 3. The van der Waals surface area contributed by atoms with Crippen molar-refractivity contribution in [3.05, 3.63) is 28.8 Å². The monoisotopic (exact) mass is 440 g/mol. The van der Waals surface area contributed by atoms with Crippen molar-refractivity contribution < 1.29 is 31.1 Å². The lowest BCUT2D eigenvalue weighted by atomic mass is 9.97. The van der Waals surface area contributed by atoms with Gasteiger partial charge in [-0.1, -0.05) is 11.6 Å². The molecule has 0 N–H and O–H groups in total. The predicted molar refractivity (Wildman–Crippen MR) is 95.7 cm³/mol. The fourth-order valence-electron chi connectivity index (χ4n) is 3.36. The Bertz CT molecular complexity index is 841. The van der Waals surface area contributed by atoms with Crippen molar-refractivity contribution in [1.29, 1.82) is 0 Å². The van der Waals surface area contributed by atoms with E-state index in [0.717, 1.165) is 11.0 Å². The number of piperidine rings is 1. The van der Waals surface area contributed by atoms with Gasteiger partial charge in [0.25, 0.3) is 5.91 Å². The van der Waals surface area contributed by atoms with Crippen molar-refractivity contribution in [1.82, 2.24) is 9.21 Å². The number of halogens is 4. The number of nitrogens with zero attached hydrogens (tertiary/aromatic N) is 2. The molecule has 2 aliphatic heterocycles. The topological polar surface area (TPSA) is 66.9 Å². The number of sulfonamides is 1. The largest absolute Gasteiger partial charge is 0.393 e. The Hall–Kier alpha value is -1.36. The highest BCUT2D eigenvalue weighted by Crippen LogP contribution is 2.34. The third-order valence-electron chi connectivity index (χ3n) is 4.95. The molecule has 6 nitrogen and oxygen atoms in total. The van der Waals surface area contributed by atoms with Gasteiger partial charge in [-0.3, -0.25) is 4.79 Å². The van der Waals surface area contributed by atoms with E-state index in [9.17, 15) is 26.4 Å². The molecule has 2 saturated heterocycles. The molecule has 1 amide bonds. The van der Waals surface area contributed by atoms with Gasteiger partial charge in [0.15, 0.2) is 0 Å². The van der Waals surface area contributed by atoms with Gasteiger partial charge in [0.1, 0.15) is 0 Å². The second kappa shape index (κ2) is 8.17. The fraction of sp³-hybridized carbons (Fsp3) is 0.588. The van der Waals surface area contributed by atoms with Crippen molar-refractivity contribution in [3.63, 3.8) is 0 Å². The van der Waals surface area contributed by atoms with E-state index in [1.807, 2.05) is 0 Å². The summed E-state index contributed by atoms with van der Waals surface area (Å²) in [4.78, 5) is 13.8. The summed E-state index contributed by atoms with van der Waals surface area (Å²) in [6.45, 7) is 0.624. The second-order valence-corrected chi connectivity index (χ2v) is 9.14. The van der Waals surface area contributed by atoms with Crippen LogP contribution in [0.25, 0.3) is 0 Å². The Morgan fingerprint density at radius 3 is 2.50 bits per heavy atom. The molecular formula is C17H20ClF3N2O4S. The van der Waals surface area contributed by atoms with Crippen LogP contribution in [-0.2, 0) is 14.8 Å². The fourth-order valence-corrected chi connectivity index (χ4v) is 5.00. The first-order valence-corrected chi connectivity index (χ1v) is 10.7. The molecule has 156 valence electrons. The van der Waals surface area contributed by atoms with Gasteiger partial charge in [-0.25, -0.2) is 8.42 Å². The van der Waals surface area contributed by atoms with Crippen LogP contribution in [0, 0.1) is 5.92 Å². The van der Waals surface area contributed by atoms with Gasteiger partial charge in [0.05, 0.1) is 34.6 Å². The number of hydrogen-bond acceptors (Lipinski definition) is 4. The third-order valence-corrected chi connectivity index (χ3v) is 7.17. The van der Waals surface area contributed by atoms with Crippen LogP contribution in [0.1, 0.15) is 23.2 Å². The molecule has 0 bridgehead atoms. The smallest absolute Gasteiger partial charge is 0.379 e. The number of morpholine rings is 1. The van der Waals surface area contributed by atoms with Crippen molar-refractivity contribution in [2.45, 2.75) is 23.9 Å². The molecule has 0 spiro atoms. The lowest BCUT2D eigenvalue weighted by Crippen LogP contribution is -2.44. The second-order valence-electron chi connectivity index (χ2n) is 6.79. The molecule has 0 aliphatic carbocycles. The number of carbonyl (C=O) groups excluding carboxylic acids is 1. The van der Waals surface area contributed by atoms with E-state index in [1.165, 1.54) is 16.4 Å². The summed E-state index contributed by atoms with van der Waals surface area (Å²) < 4.78 is 71.0. The lowest BCUT2D eigenvalue weighted by Gasteiger charge is -2.34. The van der Waals surface area contributed by atoms with Gasteiger partial charge in [-0.15, -0.1) is 0 Å². The number of amides is 1. The maximum Gasteiger partial charge on any atom is 0.393 e. The predicted octanol–water partition coefficient (Wildman–Crippen LogP) is 2.78. The van der Waals surface area contributed by atoms with E-state index >= 15 is 0 Å². The van der Waals surface area contributed by atoms with Gasteiger partial charge in [0.2, 0.25) is 10.0 Å². The lowest BCUT2D eigenvalue weighted by molar-refractivity contribution is -0.184. The molecule has 1 unspecified atom stereocenters. The summed E-state index contributed by atoms with van der Waals surface area (Å²) in [6.07, 6.45) is -4.20. The Morgan fingerprint density at radius 1 is 1.18 bits per heavy atom. The Morgan fingerprint density at radius 2 is 1.86 bits per heavy atom. The van der Waals surface area contributed by atoms with Gasteiger partial charge >= 0.3 is 6.18 Å². The molecule has 2 heterocycles. The Balaban J connectivity index is 1.86. The first kappa shape index (κ1) is 21.4. The molecule has 1 aromatic rings. The molecule has 3 rings (SSSR count). The molecular weight excluding hydrogens is 421 g/mol. The van der Waals surface area contributed by atoms with Crippen LogP contribution < -0.4 is 0 Å². The molecule has 1 aromatic carbocycles. The van der Waals surface area contributed by atoms with Gasteiger partial charge in [-0.05, 0) is 31.0 Å². The molecule has 11 heteroatoms. The molecule has 1 atom stereocenters. The summed E-state index contributed by atoms with van der Waals surface area (Å²) in [7, 11) is -3.86. The normalized spacial score (nSPS) is 22.3. The summed E-state index contributed by atoms with van der Waals surface area (Å²) in [5, 5.41) is 0.0000552. The summed E-state index contributed by atoms with van der Waals surface area (Å²) in [6, 6.07) is 3.72. The average Bonchev–Trinajstić information content (AvgIpc) is 2.68. The van der Waals surface area contributed by atoms with Crippen LogP contribution in [0.5, 0.6) is 0 Å². The molecule has 2 fully saturated rings. The SMILES string of the molecule is O=C(c1cc(S(=O)(=O)N2CCOCC2)ccc1Cl)N1CCCC(C(F)(F)F)C1. The minimum Gasteiger partial charge on any atom is -0.379 e. The first-order chi connectivity index (χ1) is 13.1. The number of ether oxygens (including phenoxy) is 1. The van der Waals surface area contributed by atoms with Crippen LogP contribution in [0.3, 0.4) is 0 Å². The van der Waals surface area contributed by atoms with Crippen molar-refractivity contribution in [3.8, 4) is 0 Å². The zero-order valence-electron chi connectivity index (χ0n) is 14.9. The molecule has 2 aliphatic rings. The number of carbonyl (C=O) groups is 1. The highest BCUT2D eigenvalue weighted by molar-refractivity contribution is 7.89. The molecule has 0 radical (unpaired) electrons. The van der Waals surface area contributed by atoms with Gasteiger partial charge < -0.3 is 9.64 Å². The van der Waals surface area contributed by atoms with Crippen molar-refractivity contribution in [2.24, 2.45) is 5.92 Å². The maximum absolute atomic E-state index is 13.0. The minimum absolute atomic E-state index is 0.0000552. The van der Waals surface area contributed by atoms with Crippen molar-refractivity contribution >= 4 is 27.5 Å². The highest BCUT2D eigenvalue weighted by Gasteiger charge is 2.43. The van der Waals surface area contributed by atoms with E-state index < -0.39 is 34.6 Å². The Kier molecular flexibility index (Phi) is 6.23. The number of likely N-dealkylation sites (tertiary alicyclic amines) is 1. The average molecular weight is 441 g/mol. The zero-order valence-corrected chi connectivity index (χ0v) is 16.5. The van der Waals surface area contributed by atoms with Crippen LogP contribution in [0.4, 0.5) is 13.2 Å². The summed E-state index contributed by atoms with van der Waals surface area (Å²) >= 11 is 6.07. The van der Waals surface area contributed by atoms with E-state index in [2.05, 4.69) is 0 Å². The van der Waals surface area contributed by atoms with Crippen LogP contribution >= 0.6 is 11.6 Å².